The van der Waals surface area contributed by atoms with Gasteiger partial charge in [0, 0.05) is 0 Å². The molecule has 1 aromatic rings. The lowest BCUT2D eigenvalue weighted by Crippen LogP contribution is -2.20. The van der Waals surface area contributed by atoms with Crippen molar-refractivity contribution in [1.82, 2.24) is 0 Å². The average molecular weight is 212 g/mol. The molecule has 0 aliphatic rings. The molecule has 1 rings (SSSR count). The largest absolute Gasteiger partial charge is 0.484 e. The summed E-state index contributed by atoms with van der Waals surface area (Å²) >= 11 is 0. The molecule has 15 heavy (non-hydrogen) atoms. The summed E-state index contributed by atoms with van der Waals surface area (Å²) in [5, 5.41) is 0. The Bertz CT molecular complexity index is 355. The first-order chi connectivity index (χ1) is 7.13. The summed E-state index contributed by atoms with van der Waals surface area (Å²) in [7, 11) is 0. The number of hydrogen-bond acceptors (Lipinski definition) is 3. The molecule has 0 atom stereocenters. The van der Waals surface area contributed by atoms with Crippen LogP contribution in [0, 0.1) is 5.82 Å². The number of halogens is 1. The Morgan fingerprint density at radius 2 is 2.20 bits per heavy atom. The Morgan fingerprint density at radius 1 is 1.47 bits per heavy atom. The molecule has 4 N–H and O–H groups in total. The lowest BCUT2D eigenvalue weighted by atomic mass is 10.1. The highest BCUT2D eigenvalue weighted by atomic mass is 19.1. The SMILES string of the molecule is NCCc1cc(F)ccc1OCC(N)=O. The van der Waals surface area contributed by atoms with E-state index in [9.17, 15) is 9.18 Å². The van der Waals surface area contributed by atoms with Crippen molar-refractivity contribution in [3.8, 4) is 5.75 Å². The van der Waals surface area contributed by atoms with Gasteiger partial charge in [-0.25, -0.2) is 4.39 Å². The van der Waals surface area contributed by atoms with Crippen LogP contribution in [0.5, 0.6) is 5.75 Å². The summed E-state index contributed by atoms with van der Waals surface area (Å²) in [6.07, 6.45) is 0.492. The van der Waals surface area contributed by atoms with Crippen LogP contribution in [0.4, 0.5) is 4.39 Å². The molecule has 0 bridgehead atoms. The van der Waals surface area contributed by atoms with Gasteiger partial charge in [0.1, 0.15) is 11.6 Å². The van der Waals surface area contributed by atoms with Gasteiger partial charge in [0.05, 0.1) is 0 Å². The minimum atomic E-state index is -0.571. The van der Waals surface area contributed by atoms with E-state index in [1.54, 1.807) is 0 Å². The fourth-order valence-electron chi connectivity index (χ4n) is 1.19. The standard InChI is InChI=1S/C10H13FN2O2/c11-8-1-2-9(15-6-10(13)14)7(5-8)3-4-12/h1-2,5H,3-4,6,12H2,(H2,13,14). The van der Waals surface area contributed by atoms with Crippen molar-refractivity contribution in [2.75, 3.05) is 13.2 Å². The molecule has 1 amide bonds. The van der Waals surface area contributed by atoms with Gasteiger partial charge in [0.2, 0.25) is 0 Å². The minimum Gasteiger partial charge on any atom is -0.484 e. The fraction of sp³-hybridized carbons (Fsp3) is 0.300. The number of carbonyl (C=O) groups is 1. The summed E-state index contributed by atoms with van der Waals surface area (Å²) in [6.45, 7) is 0.166. The molecule has 0 fully saturated rings. The Kier molecular flexibility index (Phi) is 4.05. The second kappa shape index (κ2) is 5.31. The predicted molar refractivity (Wildman–Crippen MR) is 53.8 cm³/mol. The first-order valence-electron chi connectivity index (χ1n) is 4.53. The molecule has 0 unspecified atom stereocenters. The summed E-state index contributed by atoms with van der Waals surface area (Å²) in [4.78, 5) is 10.5. The maximum Gasteiger partial charge on any atom is 0.255 e. The van der Waals surface area contributed by atoms with Gasteiger partial charge in [0.25, 0.3) is 5.91 Å². The number of carbonyl (C=O) groups excluding carboxylic acids is 1. The number of rotatable bonds is 5. The average Bonchev–Trinajstić information content (AvgIpc) is 2.17. The van der Waals surface area contributed by atoms with Crippen LogP contribution in [0.1, 0.15) is 5.56 Å². The van der Waals surface area contributed by atoms with Crippen LogP contribution in [-0.2, 0) is 11.2 Å². The van der Waals surface area contributed by atoms with Crippen molar-refractivity contribution >= 4 is 5.91 Å². The number of nitrogens with two attached hydrogens (primary N) is 2. The quantitative estimate of drug-likeness (QED) is 0.731. The van der Waals surface area contributed by atoms with E-state index in [4.69, 9.17) is 16.2 Å². The van der Waals surface area contributed by atoms with E-state index >= 15 is 0 Å². The smallest absolute Gasteiger partial charge is 0.255 e. The van der Waals surface area contributed by atoms with Crippen molar-refractivity contribution in [2.45, 2.75) is 6.42 Å². The molecule has 0 saturated heterocycles. The van der Waals surface area contributed by atoms with Crippen LogP contribution < -0.4 is 16.2 Å². The number of amides is 1. The third-order valence-electron chi connectivity index (χ3n) is 1.81. The van der Waals surface area contributed by atoms with Crippen molar-refractivity contribution < 1.29 is 13.9 Å². The number of ether oxygens (including phenoxy) is 1. The molecule has 0 saturated carbocycles. The molecule has 0 aliphatic carbocycles. The molecular weight excluding hydrogens is 199 g/mol. The highest BCUT2D eigenvalue weighted by Gasteiger charge is 2.05. The molecule has 82 valence electrons. The van der Waals surface area contributed by atoms with Crippen LogP contribution in [-0.4, -0.2) is 19.1 Å². The first kappa shape index (κ1) is 11.5. The van der Waals surface area contributed by atoms with E-state index in [1.165, 1.54) is 18.2 Å². The van der Waals surface area contributed by atoms with Gasteiger partial charge in [-0.15, -0.1) is 0 Å². The van der Waals surface area contributed by atoms with E-state index in [0.29, 0.717) is 24.3 Å². The second-order valence-corrected chi connectivity index (χ2v) is 3.05. The molecule has 0 heterocycles. The Labute approximate surface area is 87.0 Å². The summed E-state index contributed by atoms with van der Waals surface area (Å²) < 4.78 is 18.0. The third-order valence-corrected chi connectivity index (χ3v) is 1.81. The molecule has 1 aromatic carbocycles. The van der Waals surface area contributed by atoms with Crippen LogP contribution in [0.2, 0.25) is 0 Å². The summed E-state index contributed by atoms with van der Waals surface area (Å²) in [5.74, 6) is -0.483. The van der Waals surface area contributed by atoms with Crippen molar-refractivity contribution in [3.05, 3.63) is 29.6 Å². The van der Waals surface area contributed by atoms with E-state index in [1.807, 2.05) is 0 Å². The van der Waals surface area contributed by atoms with Crippen LogP contribution in [0.15, 0.2) is 18.2 Å². The predicted octanol–water partition coefficient (Wildman–Crippen LogP) is 0.191. The Morgan fingerprint density at radius 3 is 2.80 bits per heavy atom. The molecular formula is C10H13FN2O2. The highest BCUT2D eigenvalue weighted by Crippen LogP contribution is 2.19. The number of primary amides is 1. The summed E-state index contributed by atoms with van der Waals surface area (Å²) in [5.41, 5.74) is 10.9. The maximum atomic E-state index is 12.9. The number of benzene rings is 1. The van der Waals surface area contributed by atoms with Gasteiger partial charge in [0.15, 0.2) is 6.61 Å². The maximum absolute atomic E-state index is 12.9. The molecule has 4 nitrogen and oxygen atoms in total. The number of hydrogen-bond donors (Lipinski definition) is 2. The second-order valence-electron chi connectivity index (χ2n) is 3.05. The van der Waals surface area contributed by atoms with Gasteiger partial charge in [-0.3, -0.25) is 4.79 Å². The first-order valence-corrected chi connectivity index (χ1v) is 4.53. The van der Waals surface area contributed by atoms with Crippen molar-refractivity contribution in [3.63, 3.8) is 0 Å². The van der Waals surface area contributed by atoms with Crippen molar-refractivity contribution in [2.24, 2.45) is 11.5 Å². The van der Waals surface area contributed by atoms with Gasteiger partial charge < -0.3 is 16.2 Å². The third kappa shape index (κ3) is 3.55. The monoisotopic (exact) mass is 212 g/mol. The van der Waals surface area contributed by atoms with Crippen LogP contribution in [0.25, 0.3) is 0 Å². The fourth-order valence-corrected chi connectivity index (χ4v) is 1.19. The topological polar surface area (TPSA) is 78.3 Å². The molecule has 0 radical (unpaired) electrons. The molecule has 0 spiro atoms. The Hall–Kier alpha value is -1.62. The van der Waals surface area contributed by atoms with Gasteiger partial charge in [-0.1, -0.05) is 0 Å². The van der Waals surface area contributed by atoms with E-state index in [0.717, 1.165) is 0 Å². The zero-order valence-electron chi connectivity index (χ0n) is 8.20. The molecule has 5 heteroatoms. The van der Waals surface area contributed by atoms with Crippen LogP contribution in [0.3, 0.4) is 0 Å². The van der Waals surface area contributed by atoms with Crippen molar-refractivity contribution in [1.29, 1.82) is 0 Å². The summed E-state index contributed by atoms with van der Waals surface area (Å²) in [6, 6.07) is 4.06. The van der Waals surface area contributed by atoms with E-state index < -0.39 is 5.91 Å². The lowest BCUT2D eigenvalue weighted by molar-refractivity contribution is -0.119. The van der Waals surface area contributed by atoms with E-state index in [2.05, 4.69) is 0 Å². The minimum absolute atomic E-state index is 0.219. The lowest BCUT2D eigenvalue weighted by Gasteiger charge is -2.09. The molecule has 0 aliphatic heterocycles. The molecule has 0 aromatic heterocycles. The zero-order valence-corrected chi connectivity index (χ0v) is 8.20. The van der Waals surface area contributed by atoms with Gasteiger partial charge in [-0.2, -0.15) is 0 Å². The highest BCUT2D eigenvalue weighted by molar-refractivity contribution is 5.75. The van der Waals surface area contributed by atoms with Gasteiger partial charge >= 0.3 is 0 Å². The zero-order chi connectivity index (χ0) is 11.3. The normalized spacial score (nSPS) is 10.0. The van der Waals surface area contributed by atoms with E-state index in [-0.39, 0.29) is 12.4 Å². The van der Waals surface area contributed by atoms with Gasteiger partial charge in [-0.05, 0) is 36.7 Å². The van der Waals surface area contributed by atoms with Crippen LogP contribution >= 0.6 is 0 Å². The Balaban J connectivity index is 2.80.